The zero-order chi connectivity index (χ0) is 17.3. The monoisotopic (exact) mass is 357 g/mol. The first-order valence-electron chi connectivity index (χ1n) is 8.98. The van der Waals surface area contributed by atoms with E-state index in [1.807, 2.05) is 23.5 Å². The summed E-state index contributed by atoms with van der Waals surface area (Å²) in [5.41, 5.74) is 4.87. The summed E-state index contributed by atoms with van der Waals surface area (Å²) in [7, 11) is 0. The minimum absolute atomic E-state index is 0.452. The highest BCUT2D eigenvalue weighted by Gasteiger charge is 2.22. The molecule has 26 heavy (non-hydrogen) atoms. The number of nitrogens with zero attached hydrogens (tertiary/aromatic N) is 2. The van der Waals surface area contributed by atoms with Crippen molar-refractivity contribution in [1.82, 2.24) is 15.5 Å². The van der Waals surface area contributed by atoms with E-state index in [4.69, 9.17) is 0 Å². The van der Waals surface area contributed by atoms with Crippen molar-refractivity contribution in [2.75, 3.05) is 6.54 Å². The molecule has 1 atom stereocenters. The van der Waals surface area contributed by atoms with Crippen molar-refractivity contribution in [3.63, 3.8) is 0 Å². The third-order valence-electron chi connectivity index (χ3n) is 5.10. The first kappa shape index (κ1) is 15.7. The number of benzene rings is 2. The van der Waals surface area contributed by atoms with E-state index in [0.717, 1.165) is 30.8 Å². The molecule has 3 heterocycles. The smallest absolute Gasteiger partial charge is 0.0929 e. The van der Waals surface area contributed by atoms with Crippen LogP contribution in [0, 0.1) is 0 Å². The number of aromatic nitrogens is 2. The third-order valence-corrected chi connectivity index (χ3v) is 6.33. The lowest BCUT2D eigenvalue weighted by Crippen LogP contribution is -2.12. The molecular formula is C22H19N3S. The van der Waals surface area contributed by atoms with Crippen LogP contribution in [0.1, 0.15) is 28.3 Å². The molecular weight excluding hydrogens is 338 g/mol. The van der Waals surface area contributed by atoms with Gasteiger partial charge in [0.05, 0.1) is 5.69 Å². The molecule has 2 aromatic carbocycles. The molecule has 0 radical (unpaired) electrons. The number of fused-ring (bicyclic) bond motifs is 2. The van der Waals surface area contributed by atoms with Crippen LogP contribution < -0.4 is 5.32 Å². The minimum Gasteiger partial charge on any atom is -0.313 e. The van der Waals surface area contributed by atoms with Crippen LogP contribution in [0.3, 0.4) is 0 Å². The van der Waals surface area contributed by atoms with Crippen molar-refractivity contribution in [3.8, 4) is 11.3 Å². The number of hydrogen-bond acceptors (Lipinski definition) is 4. The zero-order valence-corrected chi connectivity index (χ0v) is 15.2. The van der Waals surface area contributed by atoms with Crippen LogP contribution in [0.5, 0.6) is 0 Å². The lowest BCUT2D eigenvalue weighted by Gasteiger charge is -2.16. The molecule has 5 rings (SSSR count). The lowest BCUT2D eigenvalue weighted by atomic mass is 9.89. The van der Waals surface area contributed by atoms with E-state index in [2.05, 4.69) is 64.0 Å². The highest BCUT2D eigenvalue weighted by molar-refractivity contribution is 7.19. The first-order chi connectivity index (χ1) is 12.9. The Morgan fingerprint density at radius 2 is 1.96 bits per heavy atom. The van der Waals surface area contributed by atoms with Crippen LogP contribution in [0.25, 0.3) is 21.3 Å². The van der Waals surface area contributed by atoms with E-state index in [1.54, 1.807) is 6.20 Å². The largest absolute Gasteiger partial charge is 0.313 e. The highest BCUT2D eigenvalue weighted by atomic mass is 32.1. The van der Waals surface area contributed by atoms with Gasteiger partial charge in [0.1, 0.15) is 0 Å². The molecule has 0 bridgehead atoms. The SMILES string of the molecule is c1cnnc(-c2ccc3c(c2)CNCCC3c2cc3ccccc3s2)c1. The quantitative estimate of drug-likeness (QED) is 0.549. The average Bonchev–Trinajstić information content (AvgIpc) is 3.01. The van der Waals surface area contributed by atoms with Crippen molar-refractivity contribution in [2.24, 2.45) is 0 Å². The van der Waals surface area contributed by atoms with E-state index in [1.165, 1.54) is 26.1 Å². The fourth-order valence-corrected chi connectivity index (χ4v) is 5.03. The van der Waals surface area contributed by atoms with Crippen LogP contribution in [-0.4, -0.2) is 16.7 Å². The second-order valence-corrected chi connectivity index (χ2v) is 7.84. The van der Waals surface area contributed by atoms with Gasteiger partial charge in [0.2, 0.25) is 0 Å². The summed E-state index contributed by atoms with van der Waals surface area (Å²) in [5.74, 6) is 0.452. The standard InChI is InChI=1S/C22H19N3S/c1-2-6-21-16(4-1)13-22(26-21)19-9-11-23-14-17-12-15(7-8-18(17)19)20-5-3-10-24-25-20/h1-8,10,12-13,19,23H,9,11,14H2. The predicted octanol–water partition coefficient (Wildman–Crippen LogP) is 4.98. The maximum atomic E-state index is 4.26. The summed E-state index contributed by atoms with van der Waals surface area (Å²) in [6.45, 7) is 1.94. The second-order valence-electron chi connectivity index (χ2n) is 6.73. The highest BCUT2D eigenvalue weighted by Crippen LogP contribution is 2.39. The van der Waals surface area contributed by atoms with Gasteiger partial charge in [0, 0.05) is 33.8 Å². The summed E-state index contributed by atoms with van der Waals surface area (Å²) in [6.07, 6.45) is 2.84. The average molecular weight is 357 g/mol. The molecule has 0 amide bonds. The van der Waals surface area contributed by atoms with Crippen LogP contribution in [0.2, 0.25) is 0 Å². The molecule has 1 N–H and O–H groups in total. The molecule has 0 spiro atoms. The second kappa shape index (κ2) is 6.63. The normalized spacial score (nSPS) is 17.0. The lowest BCUT2D eigenvalue weighted by molar-refractivity contribution is 0.651. The van der Waals surface area contributed by atoms with Crippen LogP contribution in [-0.2, 0) is 6.54 Å². The molecule has 1 unspecified atom stereocenters. The van der Waals surface area contributed by atoms with Crippen LogP contribution in [0.15, 0.2) is 66.9 Å². The van der Waals surface area contributed by atoms with Gasteiger partial charge in [-0.15, -0.1) is 11.3 Å². The van der Waals surface area contributed by atoms with Crippen molar-refractivity contribution in [1.29, 1.82) is 0 Å². The van der Waals surface area contributed by atoms with Gasteiger partial charge in [-0.1, -0.05) is 30.3 Å². The molecule has 0 fully saturated rings. The zero-order valence-electron chi connectivity index (χ0n) is 14.4. The Bertz CT molecular complexity index is 1020. The number of nitrogens with one attached hydrogen (secondary N) is 1. The van der Waals surface area contributed by atoms with Crippen molar-refractivity contribution >= 4 is 21.4 Å². The Labute approximate surface area is 156 Å². The van der Waals surface area contributed by atoms with Gasteiger partial charge in [0.15, 0.2) is 0 Å². The summed E-state index contributed by atoms with van der Waals surface area (Å²) in [6, 6.07) is 21.8. The Hall–Kier alpha value is -2.56. The summed E-state index contributed by atoms with van der Waals surface area (Å²) < 4.78 is 1.37. The minimum atomic E-state index is 0.452. The molecule has 1 aliphatic heterocycles. The maximum Gasteiger partial charge on any atom is 0.0929 e. The molecule has 128 valence electrons. The number of thiophene rings is 1. The fourth-order valence-electron chi connectivity index (χ4n) is 3.81. The van der Waals surface area contributed by atoms with E-state index in [0.29, 0.717) is 5.92 Å². The molecule has 4 aromatic rings. The predicted molar refractivity (Wildman–Crippen MR) is 107 cm³/mol. The van der Waals surface area contributed by atoms with E-state index >= 15 is 0 Å². The van der Waals surface area contributed by atoms with Gasteiger partial charge in [-0.25, -0.2) is 0 Å². The number of rotatable bonds is 2. The molecule has 0 saturated heterocycles. The van der Waals surface area contributed by atoms with Crippen molar-refractivity contribution < 1.29 is 0 Å². The number of hydrogen-bond donors (Lipinski definition) is 1. The van der Waals surface area contributed by atoms with Gasteiger partial charge < -0.3 is 5.32 Å². The molecule has 4 heteroatoms. The molecule has 0 aliphatic carbocycles. The van der Waals surface area contributed by atoms with E-state index < -0.39 is 0 Å². The Kier molecular flexibility index (Phi) is 4.00. The first-order valence-corrected chi connectivity index (χ1v) is 9.80. The summed E-state index contributed by atoms with van der Waals surface area (Å²) >= 11 is 1.93. The fraction of sp³-hybridized carbons (Fsp3) is 0.182. The van der Waals surface area contributed by atoms with Crippen LogP contribution in [0.4, 0.5) is 0 Å². The van der Waals surface area contributed by atoms with E-state index in [-0.39, 0.29) is 0 Å². The maximum absolute atomic E-state index is 4.26. The van der Waals surface area contributed by atoms with Gasteiger partial charge >= 0.3 is 0 Å². The van der Waals surface area contributed by atoms with Crippen molar-refractivity contribution in [2.45, 2.75) is 18.9 Å². The molecule has 1 aliphatic rings. The third kappa shape index (κ3) is 2.81. The van der Waals surface area contributed by atoms with Gasteiger partial charge in [-0.2, -0.15) is 10.2 Å². The van der Waals surface area contributed by atoms with Crippen LogP contribution >= 0.6 is 11.3 Å². The molecule has 0 saturated carbocycles. The van der Waals surface area contributed by atoms with Gasteiger partial charge in [-0.3, -0.25) is 0 Å². The molecule has 3 nitrogen and oxygen atoms in total. The van der Waals surface area contributed by atoms with Gasteiger partial charge in [-0.05, 0) is 59.8 Å². The topological polar surface area (TPSA) is 37.8 Å². The Morgan fingerprint density at radius 3 is 2.85 bits per heavy atom. The van der Waals surface area contributed by atoms with E-state index in [9.17, 15) is 0 Å². The summed E-state index contributed by atoms with van der Waals surface area (Å²) in [5, 5.41) is 13.2. The Balaban J connectivity index is 1.59. The molecule has 2 aromatic heterocycles. The van der Waals surface area contributed by atoms with Gasteiger partial charge in [0.25, 0.3) is 0 Å². The Morgan fingerprint density at radius 1 is 1.00 bits per heavy atom. The van der Waals surface area contributed by atoms with Crippen molar-refractivity contribution in [3.05, 3.63) is 82.9 Å². The summed E-state index contributed by atoms with van der Waals surface area (Å²) in [4.78, 5) is 1.46.